The quantitative estimate of drug-likeness (QED) is 0.621. The minimum atomic E-state index is -0.291. The maximum absolute atomic E-state index is 13.3. The molecule has 1 heterocycles. The van der Waals surface area contributed by atoms with Crippen molar-refractivity contribution in [2.75, 3.05) is 0 Å². The number of imidazole rings is 1. The van der Waals surface area contributed by atoms with E-state index in [1.165, 1.54) is 6.07 Å². The van der Waals surface area contributed by atoms with Crippen molar-refractivity contribution in [1.82, 2.24) is 9.55 Å². The van der Waals surface area contributed by atoms with Crippen molar-refractivity contribution >= 4 is 38.6 Å². The van der Waals surface area contributed by atoms with Gasteiger partial charge in [-0.25, -0.2) is 9.37 Å². The number of hydrogen-bond donors (Lipinski definition) is 0. The lowest BCUT2D eigenvalue weighted by Crippen LogP contribution is -1.99. The summed E-state index contributed by atoms with van der Waals surface area (Å²) in [6.45, 7) is 0. The van der Waals surface area contributed by atoms with E-state index in [0.29, 0.717) is 10.4 Å². The van der Waals surface area contributed by atoms with Gasteiger partial charge in [-0.3, -0.25) is 4.57 Å². The van der Waals surface area contributed by atoms with Crippen molar-refractivity contribution in [3.8, 4) is 5.69 Å². The zero-order valence-electron chi connectivity index (χ0n) is 9.78. The molecule has 0 aliphatic heterocycles. The molecule has 0 N–H and O–H groups in total. The van der Waals surface area contributed by atoms with Gasteiger partial charge in [-0.15, -0.1) is 11.6 Å². The molecule has 0 aliphatic rings. The summed E-state index contributed by atoms with van der Waals surface area (Å²) in [5, 5.41) is 0. The fraction of sp³-hybridized carbons (Fsp3) is 0.0714. The van der Waals surface area contributed by atoms with Gasteiger partial charge < -0.3 is 0 Å². The van der Waals surface area contributed by atoms with Crippen molar-refractivity contribution in [2.24, 2.45) is 0 Å². The first-order chi connectivity index (χ1) is 9.20. The fourth-order valence-electron chi connectivity index (χ4n) is 2.08. The van der Waals surface area contributed by atoms with Gasteiger partial charge in [-0.2, -0.15) is 0 Å². The van der Waals surface area contributed by atoms with Crippen LogP contribution in [0.1, 0.15) is 5.82 Å². The molecule has 0 amide bonds. The van der Waals surface area contributed by atoms with Gasteiger partial charge in [0.05, 0.1) is 21.4 Å². The molecule has 0 saturated heterocycles. The molecule has 0 fully saturated rings. The van der Waals surface area contributed by atoms with E-state index >= 15 is 0 Å². The second-order valence-electron chi connectivity index (χ2n) is 4.08. The van der Waals surface area contributed by atoms with Crippen LogP contribution in [0.2, 0.25) is 0 Å². The zero-order valence-corrected chi connectivity index (χ0v) is 12.1. The molecule has 19 heavy (non-hydrogen) atoms. The Balaban J connectivity index is 2.31. The van der Waals surface area contributed by atoms with Crippen molar-refractivity contribution in [3.05, 3.63) is 58.6 Å². The van der Waals surface area contributed by atoms with Crippen molar-refractivity contribution < 1.29 is 4.39 Å². The lowest BCUT2D eigenvalue weighted by Gasteiger charge is -2.08. The van der Waals surface area contributed by atoms with Crippen molar-refractivity contribution in [1.29, 1.82) is 0 Å². The second-order valence-corrected chi connectivity index (χ2v) is 5.21. The summed E-state index contributed by atoms with van der Waals surface area (Å²) >= 11 is 9.16. The maximum atomic E-state index is 13.3. The summed E-state index contributed by atoms with van der Waals surface area (Å²) < 4.78 is 15.7. The van der Waals surface area contributed by atoms with E-state index < -0.39 is 0 Å². The van der Waals surface area contributed by atoms with Crippen LogP contribution in [0.15, 0.2) is 46.9 Å². The highest BCUT2D eigenvalue weighted by Gasteiger charge is 2.12. The van der Waals surface area contributed by atoms with Gasteiger partial charge in [0.15, 0.2) is 0 Å². The minimum Gasteiger partial charge on any atom is -0.295 e. The van der Waals surface area contributed by atoms with E-state index in [4.69, 9.17) is 11.6 Å². The van der Waals surface area contributed by atoms with Gasteiger partial charge in [-0.1, -0.05) is 12.1 Å². The standard InChI is InChI=1S/C14H9BrClFN2/c15-10-7-9(5-6-11(10)17)19-13-4-2-1-3-12(13)18-14(19)8-16/h1-7H,8H2. The smallest absolute Gasteiger partial charge is 0.137 e. The second kappa shape index (κ2) is 4.94. The first-order valence-corrected chi connectivity index (χ1v) is 7.01. The number of alkyl halides is 1. The third-order valence-corrected chi connectivity index (χ3v) is 3.76. The van der Waals surface area contributed by atoms with E-state index in [1.54, 1.807) is 12.1 Å². The molecule has 0 atom stereocenters. The van der Waals surface area contributed by atoms with Crippen molar-refractivity contribution in [3.63, 3.8) is 0 Å². The van der Waals surface area contributed by atoms with Crippen LogP contribution in [-0.4, -0.2) is 9.55 Å². The molecule has 2 nitrogen and oxygen atoms in total. The predicted molar refractivity (Wildman–Crippen MR) is 78.3 cm³/mol. The molecule has 0 saturated carbocycles. The monoisotopic (exact) mass is 338 g/mol. The number of para-hydroxylation sites is 2. The molecule has 2 aromatic carbocycles. The van der Waals surface area contributed by atoms with E-state index in [-0.39, 0.29) is 5.82 Å². The van der Waals surface area contributed by atoms with Crippen LogP contribution in [0, 0.1) is 5.82 Å². The van der Waals surface area contributed by atoms with E-state index in [0.717, 1.165) is 22.5 Å². The highest BCUT2D eigenvalue weighted by Crippen LogP contribution is 2.25. The first kappa shape index (κ1) is 12.6. The highest BCUT2D eigenvalue weighted by atomic mass is 79.9. The zero-order chi connectivity index (χ0) is 13.4. The Bertz CT molecular complexity index is 754. The topological polar surface area (TPSA) is 17.8 Å². The van der Waals surface area contributed by atoms with Gasteiger partial charge in [0.1, 0.15) is 11.6 Å². The first-order valence-electron chi connectivity index (χ1n) is 5.68. The summed E-state index contributed by atoms with van der Waals surface area (Å²) in [6, 6.07) is 12.6. The average molecular weight is 340 g/mol. The molecule has 3 aromatic rings. The minimum absolute atomic E-state index is 0.291. The van der Waals surface area contributed by atoms with Crippen molar-refractivity contribution in [2.45, 2.75) is 5.88 Å². The molecule has 0 aliphatic carbocycles. The summed E-state index contributed by atoms with van der Waals surface area (Å²) in [5.41, 5.74) is 2.66. The molecular weight excluding hydrogens is 331 g/mol. The van der Waals surface area contributed by atoms with Crippen LogP contribution in [-0.2, 0) is 5.88 Å². The normalized spacial score (nSPS) is 11.1. The Kier molecular flexibility index (Phi) is 3.29. The van der Waals surface area contributed by atoms with Crippen LogP contribution < -0.4 is 0 Å². The Morgan fingerprint density at radius 1 is 1.21 bits per heavy atom. The summed E-state index contributed by atoms with van der Waals surface area (Å²) in [4.78, 5) is 4.48. The fourth-order valence-corrected chi connectivity index (χ4v) is 2.62. The number of hydrogen-bond acceptors (Lipinski definition) is 1. The Morgan fingerprint density at radius 2 is 2.00 bits per heavy atom. The van der Waals surface area contributed by atoms with Gasteiger partial charge in [0.25, 0.3) is 0 Å². The van der Waals surface area contributed by atoms with E-state index in [1.807, 2.05) is 28.8 Å². The van der Waals surface area contributed by atoms with Gasteiger partial charge in [-0.05, 0) is 46.3 Å². The number of halogens is 3. The molecule has 3 rings (SSSR count). The summed E-state index contributed by atoms with van der Waals surface area (Å²) in [6.07, 6.45) is 0. The van der Waals surface area contributed by atoms with E-state index in [2.05, 4.69) is 20.9 Å². The van der Waals surface area contributed by atoms with E-state index in [9.17, 15) is 4.39 Å². The number of benzene rings is 2. The molecule has 1 aromatic heterocycles. The molecule has 96 valence electrons. The van der Waals surface area contributed by atoms with Gasteiger partial charge in [0, 0.05) is 5.69 Å². The third kappa shape index (κ3) is 2.15. The molecular formula is C14H9BrClFN2. The van der Waals surface area contributed by atoms with Gasteiger partial charge in [0.2, 0.25) is 0 Å². The lowest BCUT2D eigenvalue weighted by atomic mass is 10.2. The van der Waals surface area contributed by atoms with Crippen LogP contribution in [0.25, 0.3) is 16.7 Å². The number of nitrogens with zero attached hydrogens (tertiary/aromatic N) is 2. The Labute approximate surface area is 123 Å². The molecule has 5 heteroatoms. The Hall–Kier alpha value is -1.39. The Morgan fingerprint density at radius 3 is 2.74 bits per heavy atom. The molecule has 0 unspecified atom stereocenters. The SMILES string of the molecule is Fc1ccc(-n2c(CCl)nc3ccccc32)cc1Br. The molecule has 0 radical (unpaired) electrons. The van der Waals surface area contributed by atoms with Crippen LogP contribution in [0.3, 0.4) is 0 Å². The molecule has 0 bridgehead atoms. The summed E-state index contributed by atoms with van der Waals surface area (Å²) in [5.74, 6) is 0.742. The average Bonchev–Trinajstić information content (AvgIpc) is 2.80. The van der Waals surface area contributed by atoms with Crippen LogP contribution in [0.4, 0.5) is 4.39 Å². The predicted octanol–water partition coefficient (Wildman–Crippen LogP) is 4.67. The van der Waals surface area contributed by atoms with Crippen LogP contribution in [0.5, 0.6) is 0 Å². The highest BCUT2D eigenvalue weighted by molar-refractivity contribution is 9.10. The largest absolute Gasteiger partial charge is 0.295 e. The molecule has 0 spiro atoms. The maximum Gasteiger partial charge on any atom is 0.137 e. The van der Waals surface area contributed by atoms with Crippen LogP contribution >= 0.6 is 27.5 Å². The summed E-state index contributed by atoms with van der Waals surface area (Å²) in [7, 11) is 0. The van der Waals surface area contributed by atoms with Gasteiger partial charge >= 0.3 is 0 Å². The lowest BCUT2D eigenvalue weighted by molar-refractivity contribution is 0.620. The number of rotatable bonds is 2. The number of aromatic nitrogens is 2. The number of fused-ring (bicyclic) bond motifs is 1. The third-order valence-electron chi connectivity index (χ3n) is 2.91.